The number of nitrogens with two attached hydrogens (primary N) is 1. The fraction of sp³-hybridized carbons (Fsp3) is 0.615. The van der Waals surface area contributed by atoms with E-state index in [9.17, 15) is 4.79 Å². The Hall–Kier alpha value is -0.700. The lowest BCUT2D eigenvalue weighted by molar-refractivity contribution is -0.153. The lowest BCUT2D eigenvalue weighted by Gasteiger charge is -2.21. The van der Waals surface area contributed by atoms with Crippen LogP contribution in [0.3, 0.4) is 0 Å². The maximum Gasteiger partial charge on any atom is 0.335 e. The summed E-state index contributed by atoms with van der Waals surface area (Å²) >= 11 is 0. The highest BCUT2D eigenvalue weighted by Crippen LogP contribution is 2.39. The zero-order valence-corrected chi connectivity index (χ0v) is 12.8. The molecule has 0 aromatic carbocycles. The molecule has 2 N–H and O–H groups in total. The maximum absolute atomic E-state index is 11.7. The second-order valence-corrected chi connectivity index (χ2v) is 6.54. The van der Waals surface area contributed by atoms with Crippen LogP contribution in [0.4, 0.5) is 0 Å². The van der Waals surface area contributed by atoms with Crippen molar-refractivity contribution in [3.05, 3.63) is 24.0 Å². The van der Waals surface area contributed by atoms with Crippen molar-refractivity contribution in [2.45, 2.75) is 40.7 Å². The molecule has 4 nitrogen and oxygen atoms in total. The minimum atomic E-state index is -1.31. The summed E-state index contributed by atoms with van der Waals surface area (Å²) in [6, 6.07) is 0. The molecule has 5 heteroatoms. The van der Waals surface area contributed by atoms with Gasteiger partial charge in [-0.25, -0.2) is 4.79 Å². The smallest absolute Gasteiger partial charge is 0.335 e. The van der Waals surface area contributed by atoms with Crippen molar-refractivity contribution >= 4 is 14.3 Å². The van der Waals surface area contributed by atoms with Gasteiger partial charge < -0.3 is 9.26 Å². The number of hydrogen-bond donors (Lipinski definition) is 1. The highest BCUT2D eigenvalue weighted by Gasteiger charge is 2.22. The molecule has 0 amide bonds. The summed E-state index contributed by atoms with van der Waals surface area (Å²) in [5, 5.41) is 0.806. The molecule has 0 radical (unpaired) electrons. The van der Waals surface area contributed by atoms with Crippen LogP contribution in [0.15, 0.2) is 24.0 Å². The molecular formula is C13H24NO3P. The van der Waals surface area contributed by atoms with Crippen molar-refractivity contribution in [3.63, 3.8) is 0 Å². The van der Waals surface area contributed by atoms with Gasteiger partial charge in [0.25, 0.3) is 0 Å². The summed E-state index contributed by atoms with van der Waals surface area (Å²) in [5.41, 5.74) is 5.80. The Morgan fingerprint density at radius 3 is 2.44 bits per heavy atom. The Bertz CT molecular complexity index is 321. The highest BCUT2D eigenvalue weighted by atomic mass is 31.2. The Balaban J connectivity index is 4.28. The van der Waals surface area contributed by atoms with Gasteiger partial charge >= 0.3 is 5.97 Å². The molecule has 0 aliphatic carbocycles. The number of carbonyl (C=O) groups excluding carboxylic acids is 1. The van der Waals surface area contributed by atoms with Crippen molar-refractivity contribution in [2.24, 2.45) is 10.9 Å². The van der Waals surface area contributed by atoms with Crippen molar-refractivity contribution in [1.29, 1.82) is 0 Å². The van der Waals surface area contributed by atoms with Crippen molar-refractivity contribution in [1.82, 2.24) is 0 Å². The topological polar surface area (TPSA) is 61.5 Å². The quantitative estimate of drug-likeness (QED) is 0.458. The van der Waals surface area contributed by atoms with Crippen molar-refractivity contribution in [2.75, 3.05) is 6.61 Å². The normalized spacial score (nSPS) is 16.0. The molecule has 0 fully saturated rings. The third-order valence-corrected chi connectivity index (χ3v) is 3.50. The van der Waals surface area contributed by atoms with Gasteiger partial charge in [0.2, 0.25) is 0 Å². The van der Waals surface area contributed by atoms with Crippen LogP contribution in [0.5, 0.6) is 0 Å². The van der Waals surface area contributed by atoms with Gasteiger partial charge in [-0.15, -0.1) is 0 Å². The predicted octanol–water partition coefficient (Wildman–Crippen LogP) is 3.34. The molecule has 2 unspecified atom stereocenters. The first kappa shape index (κ1) is 17.3. The van der Waals surface area contributed by atoms with Crippen LogP contribution < -0.4 is 5.50 Å². The molecule has 18 heavy (non-hydrogen) atoms. The Morgan fingerprint density at radius 1 is 1.50 bits per heavy atom. The van der Waals surface area contributed by atoms with Crippen LogP contribution in [-0.2, 0) is 14.1 Å². The van der Waals surface area contributed by atoms with E-state index in [-0.39, 0.29) is 11.4 Å². The number of rotatable bonds is 6. The van der Waals surface area contributed by atoms with E-state index in [1.807, 2.05) is 33.8 Å². The van der Waals surface area contributed by atoms with E-state index in [1.165, 1.54) is 0 Å². The summed E-state index contributed by atoms with van der Waals surface area (Å²) in [4.78, 5) is 11.7. The first-order chi connectivity index (χ1) is 8.21. The molecule has 2 atom stereocenters. The molecule has 0 rings (SSSR count). The molecule has 104 valence electrons. The average Bonchev–Trinajstić information content (AvgIpc) is 2.26. The molecule has 0 spiro atoms. The van der Waals surface area contributed by atoms with E-state index in [0.717, 1.165) is 5.31 Å². The first-order valence-corrected chi connectivity index (χ1v) is 7.21. The molecule has 0 heterocycles. The highest BCUT2D eigenvalue weighted by molar-refractivity contribution is 7.55. The molecule has 0 aliphatic rings. The first-order valence-electron chi connectivity index (χ1n) is 5.88. The van der Waals surface area contributed by atoms with Gasteiger partial charge in [-0.3, -0.25) is 5.50 Å². The fourth-order valence-electron chi connectivity index (χ4n) is 1.01. The van der Waals surface area contributed by atoms with E-state index in [2.05, 4.69) is 6.58 Å². The summed E-state index contributed by atoms with van der Waals surface area (Å²) in [6.07, 6.45) is 2.79. The fourth-order valence-corrected chi connectivity index (χ4v) is 2.00. The summed E-state index contributed by atoms with van der Waals surface area (Å²) in [6.45, 7) is 13.5. The van der Waals surface area contributed by atoms with Crippen LogP contribution in [0.1, 0.15) is 34.6 Å². The van der Waals surface area contributed by atoms with Gasteiger partial charge in [0.05, 0.1) is 6.61 Å². The Labute approximate surface area is 111 Å². The number of carbonyl (C=O) groups is 1. The summed E-state index contributed by atoms with van der Waals surface area (Å²) in [7, 11) is -1.31. The number of ether oxygens (including phenoxy) is 1. The third-order valence-electron chi connectivity index (χ3n) is 2.01. The Morgan fingerprint density at radius 2 is 2.06 bits per heavy atom. The van der Waals surface area contributed by atoms with E-state index in [0.29, 0.717) is 6.61 Å². The molecule has 0 aliphatic heterocycles. The van der Waals surface area contributed by atoms with Crippen LogP contribution in [-0.4, -0.2) is 18.7 Å². The van der Waals surface area contributed by atoms with Crippen LogP contribution in [0.25, 0.3) is 0 Å². The van der Waals surface area contributed by atoms with Gasteiger partial charge in [0.15, 0.2) is 6.10 Å². The summed E-state index contributed by atoms with van der Waals surface area (Å²) < 4.78 is 10.6. The standard InChI is InChI=1S/C13H24NO3P/c1-7-11(8-2)18(14)17-10(3)12(15)16-9-13(4,5)6/h7-8,10H,1,9,14H2,2-6H3/b11-8+. The number of hydrogen-bond acceptors (Lipinski definition) is 4. The molecule has 0 saturated heterocycles. The van der Waals surface area contributed by atoms with Gasteiger partial charge in [0, 0.05) is 5.31 Å². The average molecular weight is 273 g/mol. The maximum atomic E-state index is 11.7. The van der Waals surface area contributed by atoms with Crippen LogP contribution in [0.2, 0.25) is 0 Å². The molecular weight excluding hydrogens is 249 g/mol. The largest absolute Gasteiger partial charge is 0.463 e. The van der Waals surface area contributed by atoms with Crippen molar-refractivity contribution in [3.8, 4) is 0 Å². The molecule has 0 saturated carbocycles. The van der Waals surface area contributed by atoms with Gasteiger partial charge in [-0.1, -0.05) is 39.5 Å². The van der Waals surface area contributed by atoms with Crippen LogP contribution >= 0.6 is 8.30 Å². The molecule has 0 aromatic rings. The lowest BCUT2D eigenvalue weighted by Crippen LogP contribution is -2.27. The van der Waals surface area contributed by atoms with Gasteiger partial charge in [0.1, 0.15) is 8.30 Å². The zero-order chi connectivity index (χ0) is 14.3. The van der Waals surface area contributed by atoms with Gasteiger partial charge in [-0.05, 0) is 19.3 Å². The zero-order valence-electron chi connectivity index (χ0n) is 11.9. The minimum absolute atomic E-state index is 0.0571. The Kier molecular flexibility index (Phi) is 7.37. The summed E-state index contributed by atoms with van der Waals surface area (Å²) in [5.74, 6) is -0.387. The second-order valence-electron chi connectivity index (χ2n) is 5.16. The minimum Gasteiger partial charge on any atom is -0.463 e. The van der Waals surface area contributed by atoms with Gasteiger partial charge in [-0.2, -0.15) is 0 Å². The predicted molar refractivity (Wildman–Crippen MR) is 76.0 cm³/mol. The number of allylic oxidation sites excluding steroid dienone is 3. The van der Waals surface area contributed by atoms with E-state index in [4.69, 9.17) is 14.8 Å². The van der Waals surface area contributed by atoms with Crippen LogP contribution in [0, 0.1) is 5.41 Å². The van der Waals surface area contributed by atoms with E-state index in [1.54, 1.807) is 13.0 Å². The SMILES string of the molecule is C=C/C(=C\C)P(N)OC(C)C(=O)OCC(C)(C)C. The van der Waals surface area contributed by atoms with Crippen molar-refractivity contribution < 1.29 is 14.1 Å². The number of esters is 1. The molecule has 0 bridgehead atoms. The second kappa shape index (κ2) is 7.67. The van der Waals surface area contributed by atoms with E-state index < -0.39 is 14.4 Å². The molecule has 0 aromatic heterocycles. The third kappa shape index (κ3) is 6.90. The monoisotopic (exact) mass is 273 g/mol. The lowest BCUT2D eigenvalue weighted by atomic mass is 9.99. The van der Waals surface area contributed by atoms with E-state index >= 15 is 0 Å².